The van der Waals surface area contributed by atoms with Crippen molar-refractivity contribution in [2.45, 2.75) is 106 Å². The fourth-order valence-corrected chi connectivity index (χ4v) is 11.5. The average Bonchev–Trinajstić information content (AvgIpc) is 3.57. The second-order valence-electron chi connectivity index (χ2n) is 15.3. The summed E-state index contributed by atoms with van der Waals surface area (Å²) in [5.74, 6) is 3.24. The molecular weight excluding hydrogens is 430 g/mol. The summed E-state index contributed by atoms with van der Waals surface area (Å²) in [6.07, 6.45) is 14.1. The molecule has 0 aromatic carbocycles. The van der Waals surface area contributed by atoms with E-state index < -0.39 is 0 Å². The Kier molecular flexibility index (Phi) is 4.86. The van der Waals surface area contributed by atoms with Gasteiger partial charge in [0.25, 0.3) is 0 Å². The monoisotopic (exact) mass is 475 g/mol. The van der Waals surface area contributed by atoms with E-state index in [0.717, 1.165) is 19.3 Å². The molecule has 190 valence electrons. The lowest BCUT2D eigenvalue weighted by atomic mass is 9.34. The number of fused-ring (bicyclic) bond motifs is 8. The van der Waals surface area contributed by atoms with Crippen molar-refractivity contribution in [2.75, 3.05) is 0 Å². The molecule has 3 heteroatoms. The molecule has 35 heavy (non-hydrogen) atoms. The largest absolute Gasteiger partial charge is 0.299 e. The summed E-state index contributed by atoms with van der Waals surface area (Å²) in [7, 11) is 0. The molecule has 0 N–H and O–H groups in total. The Morgan fingerprint density at radius 2 is 1.63 bits per heavy atom. The summed E-state index contributed by atoms with van der Waals surface area (Å²) < 4.78 is 0. The lowest BCUT2D eigenvalue weighted by Crippen LogP contribution is -2.64. The van der Waals surface area contributed by atoms with Crippen molar-refractivity contribution >= 4 is 11.6 Å². The first-order valence-electron chi connectivity index (χ1n) is 14.5. The number of rotatable bonds is 1. The predicted molar refractivity (Wildman–Crippen MR) is 137 cm³/mol. The molecule has 9 unspecified atom stereocenters. The number of Topliss-reactive ketones (excluding diaryl/α,β-unsaturated/α-hetero) is 2. The van der Waals surface area contributed by atoms with E-state index in [1.165, 1.54) is 44.9 Å². The van der Waals surface area contributed by atoms with Crippen LogP contribution in [0.3, 0.4) is 0 Å². The van der Waals surface area contributed by atoms with E-state index in [2.05, 4.69) is 46.8 Å². The van der Waals surface area contributed by atoms with E-state index in [1.807, 2.05) is 6.92 Å². The zero-order valence-electron chi connectivity index (χ0n) is 22.9. The number of carbonyl (C=O) groups excluding carboxylic acids is 2. The smallest absolute Gasteiger partial charge is 0.176 e. The van der Waals surface area contributed by atoms with Crippen LogP contribution in [0.25, 0.3) is 0 Å². The third-order valence-electron chi connectivity index (χ3n) is 13.5. The van der Waals surface area contributed by atoms with Gasteiger partial charge in [0.15, 0.2) is 5.78 Å². The topological polar surface area (TPSA) is 57.9 Å². The molecular formula is C32H45NO2. The molecule has 0 radical (unpaired) electrons. The second kappa shape index (κ2) is 7.11. The maximum Gasteiger partial charge on any atom is 0.176 e. The van der Waals surface area contributed by atoms with Gasteiger partial charge in [-0.25, -0.2) is 0 Å². The summed E-state index contributed by atoms with van der Waals surface area (Å²) >= 11 is 0. The molecule has 0 bridgehead atoms. The van der Waals surface area contributed by atoms with Gasteiger partial charge in [-0.2, -0.15) is 5.26 Å². The van der Waals surface area contributed by atoms with Gasteiger partial charge in [0.2, 0.25) is 0 Å². The van der Waals surface area contributed by atoms with Gasteiger partial charge >= 0.3 is 0 Å². The first kappa shape index (κ1) is 23.9. The number of hydrogen-bond donors (Lipinski definition) is 0. The third-order valence-corrected chi connectivity index (χ3v) is 13.5. The quantitative estimate of drug-likeness (QED) is 0.399. The summed E-state index contributed by atoms with van der Waals surface area (Å²) in [6, 6.07) is 2.28. The molecule has 6 aliphatic rings. The number of nitriles is 1. The molecule has 9 atom stereocenters. The lowest BCUT2D eigenvalue weighted by molar-refractivity contribution is -0.206. The van der Waals surface area contributed by atoms with Crippen LogP contribution >= 0.6 is 0 Å². The number of allylic oxidation sites excluding steroid dienone is 2. The van der Waals surface area contributed by atoms with Crippen LogP contribution in [-0.2, 0) is 9.59 Å². The molecule has 0 amide bonds. The van der Waals surface area contributed by atoms with E-state index in [0.29, 0.717) is 51.8 Å². The molecule has 0 aromatic rings. The van der Waals surface area contributed by atoms with Crippen LogP contribution in [0.4, 0.5) is 0 Å². The van der Waals surface area contributed by atoms with E-state index in [-0.39, 0.29) is 27.9 Å². The standard InChI is InChI=1S/C32H45NO2/c1-19-22-7-9-29(5)23-8-10-32(20(2)34)14-11-28(3,4)16-24(32)26(23)31(12-13-31)17-25(29)30(22,6)15-21(18-33)27(19)35/h15,19,22-26H,7-14,16-17H2,1-6H3. The normalized spacial score (nSPS) is 51.1. The minimum Gasteiger partial charge on any atom is -0.299 e. The van der Waals surface area contributed by atoms with Gasteiger partial charge in [-0.15, -0.1) is 0 Å². The minimum atomic E-state index is -0.0871. The molecule has 0 saturated heterocycles. The minimum absolute atomic E-state index is 0.0482. The number of nitrogens with zero attached hydrogens (tertiary/aromatic N) is 1. The van der Waals surface area contributed by atoms with Crippen LogP contribution < -0.4 is 0 Å². The van der Waals surface area contributed by atoms with Crippen molar-refractivity contribution in [1.82, 2.24) is 0 Å². The van der Waals surface area contributed by atoms with E-state index in [9.17, 15) is 14.9 Å². The predicted octanol–water partition coefficient (Wildman–Crippen LogP) is 7.31. The Balaban J connectivity index is 1.46. The zero-order valence-corrected chi connectivity index (χ0v) is 22.9. The molecule has 3 nitrogen and oxygen atoms in total. The summed E-state index contributed by atoms with van der Waals surface area (Å²) in [5.41, 5.74) is 1.19. The van der Waals surface area contributed by atoms with Crippen LogP contribution in [0, 0.1) is 73.9 Å². The van der Waals surface area contributed by atoms with Crippen molar-refractivity contribution in [3.63, 3.8) is 0 Å². The maximum absolute atomic E-state index is 13.3. The van der Waals surface area contributed by atoms with Gasteiger partial charge in [-0.1, -0.05) is 40.7 Å². The fourth-order valence-electron chi connectivity index (χ4n) is 11.5. The highest BCUT2D eigenvalue weighted by atomic mass is 16.1. The Bertz CT molecular complexity index is 1060. The lowest BCUT2D eigenvalue weighted by Gasteiger charge is -2.70. The van der Waals surface area contributed by atoms with Crippen molar-refractivity contribution in [3.8, 4) is 6.07 Å². The van der Waals surface area contributed by atoms with Crippen molar-refractivity contribution in [1.29, 1.82) is 5.26 Å². The second-order valence-corrected chi connectivity index (χ2v) is 15.3. The number of hydrogen-bond acceptors (Lipinski definition) is 3. The Morgan fingerprint density at radius 3 is 2.26 bits per heavy atom. The van der Waals surface area contributed by atoms with Gasteiger partial charge in [0.1, 0.15) is 11.9 Å². The fraction of sp³-hybridized carbons (Fsp3) is 0.844. The summed E-state index contributed by atoms with van der Waals surface area (Å²) in [6.45, 7) is 13.9. The molecule has 0 heterocycles. The summed E-state index contributed by atoms with van der Waals surface area (Å²) in [4.78, 5) is 26.3. The first-order chi connectivity index (χ1) is 16.3. The molecule has 0 aromatic heterocycles. The van der Waals surface area contributed by atoms with Crippen LogP contribution in [-0.4, -0.2) is 11.6 Å². The molecule has 6 rings (SSSR count). The van der Waals surface area contributed by atoms with E-state index in [1.54, 1.807) is 0 Å². The number of ketones is 2. The molecule has 5 fully saturated rings. The Hall–Kier alpha value is -1.43. The highest BCUT2D eigenvalue weighted by molar-refractivity contribution is 6.01. The van der Waals surface area contributed by atoms with Gasteiger partial charge in [0, 0.05) is 11.3 Å². The van der Waals surface area contributed by atoms with Crippen LogP contribution in [0.2, 0.25) is 0 Å². The van der Waals surface area contributed by atoms with Gasteiger partial charge in [-0.05, 0) is 122 Å². The van der Waals surface area contributed by atoms with Crippen LogP contribution in [0.15, 0.2) is 11.6 Å². The van der Waals surface area contributed by atoms with Crippen molar-refractivity contribution in [2.24, 2.45) is 62.6 Å². The van der Waals surface area contributed by atoms with E-state index >= 15 is 0 Å². The summed E-state index contributed by atoms with van der Waals surface area (Å²) in [5, 5.41) is 9.83. The molecule has 6 aliphatic carbocycles. The Labute approximate surface area is 212 Å². The van der Waals surface area contributed by atoms with Gasteiger partial charge in [-0.3, -0.25) is 9.59 Å². The highest BCUT2D eigenvalue weighted by Crippen LogP contribution is 2.79. The zero-order chi connectivity index (χ0) is 25.2. The third kappa shape index (κ3) is 2.95. The molecule has 0 aliphatic heterocycles. The van der Waals surface area contributed by atoms with Gasteiger partial charge < -0.3 is 0 Å². The first-order valence-corrected chi connectivity index (χ1v) is 14.5. The SMILES string of the molecule is CC(=O)C12CCC3C(C1CC(C)(C)CC2)C1(CC1)CC1C2(C)C=C(C#N)C(=O)C(C)C2CCC31C. The van der Waals surface area contributed by atoms with Crippen molar-refractivity contribution < 1.29 is 9.59 Å². The molecule has 1 spiro atoms. The Morgan fingerprint density at radius 1 is 0.943 bits per heavy atom. The highest BCUT2D eigenvalue weighted by Gasteiger charge is 2.72. The number of carbonyl (C=O) groups is 2. The molecule has 5 saturated carbocycles. The maximum atomic E-state index is 13.3. The van der Waals surface area contributed by atoms with Gasteiger partial charge in [0.05, 0.1) is 5.57 Å². The van der Waals surface area contributed by atoms with Crippen LogP contribution in [0.1, 0.15) is 106 Å². The van der Waals surface area contributed by atoms with E-state index in [4.69, 9.17) is 0 Å². The van der Waals surface area contributed by atoms with Crippen LogP contribution in [0.5, 0.6) is 0 Å². The average molecular weight is 476 g/mol. The van der Waals surface area contributed by atoms with Crippen molar-refractivity contribution in [3.05, 3.63) is 11.6 Å².